The van der Waals surface area contributed by atoms with Crippen molar-refractivity contribution in [2.45, 2.75) is 82.4 Å². The number of hydrogen-bond donors (Lipinski definition) is 1. The first-order valence-corrected chi connectivity index (χ1v) is 13.1. The van der Waals surface area contributed by atoms with Gasteiger partial charge in [0, 0.05) is 13.6 Å². The highest BCUT2D eigenvalue weighted by molar-refractivity contribution is 6.15. The van der Waals surface area contributed by atoms with E-state index in [2.05, 4.69) is 31.0 Å². The molecule has 7 aliphatic rings. The number of nitrogens with one attached hydrogen (secondary N) is 1. The molecule has 0 aromatic heterocycles. The number of carbonyl (C=O) groups is 3. The molecule has 6 heterocycles. The van der Waals surface area contributed by atoms with E-state index in [1.165, 1.54) is 0 Å². The number of Topliss-reactive ketones (excluding diaryl/α,β-unsaturated/α-hetero) is 1. The summed E-state index contributed by atoms with van der Waals surface area (Å²) in [5.74, 6) is 1.25. The predicted molar refractivity (Wildman–Crippen MR) is 130 cm³/mol. The van der Waals surface area contributed by atoms with Gasteiger partial charge in [-0.05, 0) is 68.5 Å². The van der Waals surface area contributed by atoms with Crippen molar-refractivity contribution in [2.24, 2.45) is 17.3 Å². The molecule has 186 valence electrons. The topological polar surface area (TPSA) is 79.0 Å². The van der Waals surface area contributed by atoms with Crippen LogP contribution in [0.2, 0.25) is 0 Å². The highest BCUT2D eigenvalue weighted by atomic mass is 16.5. The Morgan fingerprint density at radius 2 is 1.86 bits per heavy atom. The van der Waals surface area contributed by atoms with E-state index in [1.54, 1.807) is 0 Å². The lowest BCUT2D eigenvalue weighted by molar-refractivity contribution is -0.189. The van der Waals surface area contributed by atoms with E-state index in [0.29, 0.717) is 29.3 Å². The Balaban J connectivity index is 1.43. The first kappa shape index (κ1) is 21.8. The lowest BCUT2D eigenvalue weighted by atomic mass is 9.56. The van der Waals surface area contributed by atoms with Crippen molar-refractivity contribution in [3.63, 3.8) is 0 Å². The molecule has 2 amide bonds. The van der Waals surface area contributed by atoms with Gasteiger partial charge in [-0.2, -0.15) is 0 Å². The number of ketones is 1. The van der Waals surface area contributed by atoms with Crippen molar-refractivity contribution < 1.29 is 19.1 Å². The van der Waals surface area contributed by atoms with Gasteiger partial charge in [0.05, 0.1) is 28.6 Å². The quantitative estimate of drug-likeness (QED) is 0.620. The molecule has 0 radical (unpaired) electrons. The minimum absolute atomic E-state index is 0.0124. The third-order valence-corrected chi connectivity index (χ3v) is 11.2. The van der Waals surface area contributed by atoms with Gasteiger partial charge in [-0.1, -0.05) is 26.8 Å². The summed E-state index contributed by atoms with van der Waals surface area (Å²) in [7, 11) is 1.97. The van der Waals surface area contributed by atoms with Crippen molar-refractivity contribution in [2.75, 3.05) is 25.5 Å². The number of ether oxygens (including phenoxy) is 1. The monoisotopic (exact) mass is 477 g/mol. The standard InChI is InChI=1S/C28H35N3O4/c1-15-9-10-31-14-26-13-27(25(4,5)19(26)12-28(15,31)23(34)30(26)6)16-7-8-18-20(21(16)29-22(27)33)17(32)11-24(2,3)35-18/h7-8,15,19H,9-14H2,1-6H3,(H,29,33)/t15-,19+,26+,27+,28+/m1/s1. The van der Waals surface area contributed by atoms with Gasteiger partial charge in [-0.25, -0.2) is 0 Å². The number of rotatable bonds is 0. The molecular formula is C28H35N3O4. The highest BCUT2D eigenvalue weighted by Gasteiger charge is 2.80. The van der Waals surface area contributed by atoms with Crippen LogP contribution in [-0.2, 0) is 15.0 Å². The molecule has 0 unspecified atom stereocenters. The van der Waals surface area contributed by atoms with Crippen LogP contribution in [-0.4, -0.2) is 64.2 Å². The smallest absolute Gasteiger partial charge is 0.243 e. The van der Waals surface area contributed by atoms with E-state index in [-0.39, 0.29) is 29.9 Å². The number of piperazine rings is 1. The molecule has 1 aromatic rings. The summed E-state index contributed by atoms with van der Waals surface area (Å²) in [4.78, 5) is 45.8. The third-order valence-electron chi connectivity index (χ3n) is 11.2. The summed E-state index contributed by atoms with van der Waals surface area (Å²) in [6, 6.07) is 3.89. The van der Waals surface area contributed by atoms with Gasteiger partial charge in [0.15, 0.2) is 5.78 Å². The molecule has 8 rings (SSSR count). The van der Waals surface area contributed by atoms with E-state index < -0.39 is 27.5 Å². The van der Waals surface area contributed by atoms with Gasteiger partial charge in [-0.15, -0.1) is 0 Å². The molecule has 35 heavy (non-hydrogen) atoms. The van der Waals surface area contributed by atoms with Crippen molar-refractivity contribution in [3.8, 4) is 5.75 Å². The molecule has 2 bridgehead atoms. The van der Waals surface area contributed by atoms with E-state index >= 15 is 0 Å². The summed E-state index contributed by atoms with van der Waals surface area (Å²) < 4.78 is 6.16. The Hall–Kier alpha value is -2.41. The number of hydrogen-bond acceptors (Lipinski definition) is 5. The van der Waals surface area contributed by atoms with Crippen LogP contribution < -0.4 is 10.1 Å². The van der Waals surface area contributed by atoms with E-state index in [1.807, 2.05) is 37.9 Å². The molecule has 1 saturated carbocycles. The highest BCUT2D eigenvalue weighted by Crippen LogP contribution is 2.72. The van der Waals surface area contributed by atoms with Gasteiger partial charge in [0.2, 0.25) is 11.8 Å². The average molecular weight is 478 g/mol. The van der Waals surface area contributed by atoms with Gasteiger partial charge in [0.25, 0.3) is 0 Å². The maximum atomic E-state index is 14.1. The molecule has 7 nitrogen and oxygen atoms in total. The molecule has 3 spiro atoms. The molecule has 1 aromatic carbocycles. The molecular weight excluding hydrogens is 442 g/mol. The van der Waals surface area contributed by atoms with E-state index in [4.69, 9.17) is 4.74 Å². The number of benzene rings is 1. The normalized spacial score (nSPS) is 42.0. The number of amides is 2. The van der Waals surface area contributed by atoms with Crippen LogP contribution in [0, 0.1) is 17.3 Å². The fourth-order valence-corrected chi connectivity index (χ4v) is 9.46. The Morgan fingerprint density at radius 3 is 2.60 bits per heavy atom. The van der Waals surface area contributed by atoms with Crippen LogP contribution in [0.5, 0.6) is 5.75 Å². The van der Waals surface area contributed by atoms with Crippen molar-refractivity contribution >= 4 is 23.3 Å². The minimum Gasteiger partial charge on any atom is -0.487 e. The Bertz CT molecular complexity index is 1250. The lowest BCUT2D eigenvalue weighted by Crippen LogP contribution is -2.79. The van der Waals surface area contributed by atoms with Crippen LogP contribution in [0.15, 0.2) is 12.1 Å². The van der Waals surface area contributed by atoms with E-state index in [0.717, 1.165) is 31.5 Å². The van der Waals surface area contributed by atoms with Gasteiger partial charge >= 0.3 is 0 Å². The number of carbonyl (C=O) groups excluding carboxylic acids is 3. The predicted octanol–water partition coefficient (Wildman–Crippen LogP) is 3.36. The second kappa shape index (κ2) is 5.93. The van der Waals surface area contributed by atoms with Crippen molar-refractivity contribution in [3.05, 3.63) is 23.3 Å². The number of nitrogens with zero attached hydrogens (tertiary/aromatic N) is 2. The molecule has 6 aliphatic heterocycles. The number of fused-ring (bicyclic) bond motifs is 5. The zero-order chi connectivity index (χ0) is 24.9. The summed E-state index contributed by atoms with van der Waals surface area (Å²) in [6.07, 6.45) is 2.71. The summed E-state index contributed by atoms with van der Waals surface area (Å²) in [5, 5.41) is 3.16. The molecule has 7 heteroatoms. The summed E-state index contributed by atoms with van der Waals surface area (Å²) in [6.45, 7) is 12.3. The molecule has 1 N–H and O–H groups in total. The molecule has 5 fully saturated rings. The first-order valence-electron chi connectivity index (χ1n) is 13.1. The van der Waals surface area contributed by atoms with Crippen molar-refractivity contribution in [1.29, 1.82) is 0 Å². The maximum absolute atomic E-state index is 14.1. The molecule has 1 aliphatic carbocycles. The van der Waals surface area contributed by atoms with Gasteiger partial charge < -0.3 is 15.0 Å². The zero-order valence-electron chi connectivity index (χ0n) is 21.6. The summed E-state index contributed by atoms with van der Waals surface area (Å²) in [5.41, 5.74) is -0.575. The Kier molecular flexibility index (Phi) is 3.70. The second-order valence-corrected chi connectivity index (χ2v) is 13.3. The van der Waals surface area contributed by atoms with Crippen LogP contribution >= 0.6 is 0 Å². The zero-order valence-corrected chi connectivity index (χ0v) is 21.6. The van der Waals surface area contributed by atoms with Crippen LogP contribution in [0.4, 0.5) is 5.69 Å². The minimum atomic E-state index is -0.807. The largest absolute Gasteiger partial charge is 0.487 e. The van der Waals surface area contributed by atoms with Crippen molar-refractivity contribution in [1.82, 2.24) is 9.80 Å². The van der Waals surface area contributed by atoms with Crippen LogP contribution in [0.1, 0.15) is 76.2 Å². The number of piperidine rings is 2. The Morgan fingerprint density at radius 1 is 1.11 bits per heavy atom. The second-order valence-electron chi connectivity index (χ2n) is 13.3. The van der Waals surface area contributed by atoms with E-state index in [9.17, 15) is 14.4 Å². The van der Waals surface area contributed by atoms with Gasteiger partial charge in [-0.3, -0.25) is 19.3 Å². The molecule has 4 saturated heterocycles. The third kappa shape index (κ3) is 2.11. The van der Waals surface area contributed by atoms with Crippen LogP contribution in [0.3, 0.4) is 0 Å². The number of likely N-dealkylation sites (N-methyl/N-ethyl adjacent to an activating group) is 1. The number of anilines is 1. The van der Waals surface area contributed by atoms with Gasteiger partial charge in [0.1, 0.15) is 16.9 Å². The fourth-order valence-electron chi connectivity index (χ4n) is 9.46. The lowest BCUT2D eigenvalue weighted by Gasteiger charge is -2.65. The maximum Gasteiger partial charge on any atom is 0.243 e. The summed E-state index contributed by atoms with van der Waals surface area (Å²) >= 11 is 0. The molecule has 5 atom stereocenters. The van der Waals surface area contributed by atoms with Crippen LogP contribution in [0.25, 0.3) is 0 Å². The Labute approximate surface area is 206 Å². The SMILES string of the molecule is C[C@@H]1CCN2C[C@@]34C[C@]5(C(=O)Nc6c5ccc5c6C(=O)CC(C)(C)O5)C(C)(C)[C@@H]3C[C@@]12C(=O)N4C. The first-order chi connectivity index (χ1) is 16.3. The fraction of sp³-hybridized carbons (Fsp3) is 0.679. The average Bonchev–Trinajstić information content (AvgIpc) is 3.32.